The van der Waals surface area contributed by atoms with Crippen LogP contribution in [-0.4, -0.2) is 30.4 Å². The number of rotatable bonds is 9. The third-order valence-electron chi connectivity index (χ3n) is 5.46. The maximum absolute atomic E-state index is 12.8. The molecule has 5 nitrogen and oxygen atoms in total. The highest BCUT2D eigenvalue weighted by molar-refractivity contribution is 5.77. The first-order valence-electron chi connectivity index (χ1n) is 10.9. The van der Waals surface area contributed by atoms with Gasteiger partial charge in [0, 0.05) is 0 Å². The first-order valence-corrected chi connectivity index (χ1v) is 10.9. The Kier molecular flexibility index (Phi) is 7.67. The van der Waals surface area contributed by atoms with Crippen LogP contribution in [0.2, 0.25) is 0 Å². The predicted octanol–water partition coefficient (Wildman–Crippen LogP) is 4.69. The summed E-state index contributed by atoms with van der Waals surface area (Å²) < 4.78 is 24.1. The zero-order valence-corrected chi connectivity index (χ0v) is 18.1. The van der Waals surface area contributed by atoms with Crippen molar-refractivity contribution in [3.63, 3.8) is 0 Å². The van der Waals surface area contributed by atoms with E-state index in [-0.39, 0.29) is 6.61 Å². The Morgan fingerprint density at radius 3 is 1.50 bits per heavy atom. The molecule has 1 heterocycles. The number of carbonyl (C=O) groups excluding carboxylic acids is 1. The Hall–Kier alpha value is -2.99. The summed E-state index contributed by atoms with van der Waals surface area (Å²) in [5.74, 6) is -0.425. The lowest BCUT2D eigenvalue weighted by molar-refractivity contribution is -0.230. The van der Waals surface area contributed by atoms with E-state index in [1.54, 1.807) is 0 Å². The van der Waals surface area contributed by atoms with Gasteiger partial charge in [0.15, 0.2) is 6.10 Å². The third-order valence-corrected chi connectivity index (χ3v) is 5.46. The van der Waals surface area contributed by atoms with Crippen LogP contribution in [0.5, 0.6) is 0 Å². The molecular weight excluding hydrogens is 404 g/mol. The molecule has 3 unspecified atom stereocenters. The largest absolute Gasteiger partial charge is 0.458 e. The molecule has 5 heteroatoms. The molecule has 166 valence electrons. The van der Waals surface area contributed by atoms with Gasteiger partial charge in [-0.25, -0.2) is 4.79 Å². The topological polar surface area (TPSA) is 54.0 Å². The second-order valence-corrected chi connectivity index (χ2v) is 7.88. The number of esters is 1. The summed E-state index contributed by atoms with van der Waals surface area (Å²) in [6, 6.07) is 29.5. The van der Waals surface area contributed by atoms with E-state index in [0.717, 1.165) is 16.7 Å². The van der Waals surface area contributed by atoms with E-state index in [2.05, 4.69) is 0 Å². The fraction of sp³-hybridized carbons (Fsp3) is 0.296. The standard InChI is InChI=1S/C27H28O5/c1-20-24(29-17-21-11-5-2-6-12-21)25(30-18-22-13-7-3-8-14-22)26(27(28)32-20)31-19-23-15-9-4-10-16-23/h2-16,20,24-26H,17-19H2,1H3/t20?,24-,25?,26?/m1/s1. The number of ether oxygens (including phenoxy) is 4. The first kappa shape index (κ1) is 22.2. The summed E-state index contributed by atoms with van der Waals surface area (Å²) in [6.07, 6.45) is -2.39. The van der Waals surface area contributed by atoms with Gasteiger partial charge in [0.25, 0.3) is 0 Å². The van der Waals surface area contributed by atoms with Crippen molar-refractivity contribution in [1.29, 1.82) is 0 Å². The van der Waals surface area contributed by atoms with E-state index in [1.165, 1.54) is 0 Å². The van der Waals surface area contributed by atoms with Gasteiger partial charge in [-0.15, -0.1) is 0 Å². The SMILES string of the molecule is CC1OC(=O)C(OCc2ccccc2)C(OCc2ccccc2)[C@@H]1OCc1ccccc1. The van der Waals surface area contributed by atoms with Gasteiger partial charge in [0.1, 0.15) is 18.3 Å². The summed E-state index contributed by atoms with van der Waals surface area (Å²) in [5, 5.41) is 0. The number of benzene rings is 3. The van der Waals surface area contributed by atoms with Gasteiger partial charge in [-0.05, 0) is 23.6 Å². The van der Waals surface area contributed by atoms with Gasteiger partial charge in [-0.3, -0.25) is 0 Å². The van der Waals surface area contributed by atoms with E-state index in [4.69, 9.17) is 18.9 Å². The molecule has 0 radical (unpaired) electrons. The minimum absolute atomic E-state index is 0.283. The van der Waals surface area contributed by atoms with Crippen molar-refractivity contribution in [2.75, 3.05) is 0 Å². The molecule has 0 amide bonds. The molecule has 4 atom stereocenters. The lowest BCUT2D eigenvalue weighted by Gasteiger charge is -2.40. The van der Waals surface area contributed by atoms with Crippen LogP contribution in [0.3, 0.4) is 0 Å². The van der Waals surface area contributed by atoms with Crippen LogP contribution < -0.4 is 0 Å². The van der Waals surface area contributed by atoms with Crippen LogP contribution in [0.15, 0.2) is 91.0 Å². The van der Waals surface area contributed by atoms with Crippen molar-refractivity contribution in [1.82, 2.24) is 0 Å². The van der Waals surface area contributed by atoms with E-state index in [1.807, 2.05) is 97.9 Å². The zero-order chi connectivity index (χ0) is 22.2. The Morgan fingerprint density at radius 2 is 1.03 bits per heavy atom. The van der Waals surface area contributed by atoms with Gasteiger partial charge in [0.2, 0.25) is 0 Å². The zero-order valence-electron chi connectivity index (χ0n) is 18.1. The Bertz CT molecular complexity index is 961. The monoisotopic (exact) mass is 432 g/mol. The van der Waals surface area contributed by atoms with Gasteiger partial charge in [-0.1, -0.05) is 91.0 Å². The van der Waals surface area contributed by atoms with Crippen molar-refractivity contribution in [3.05, 3.63) is 108 Å². The van der Waals surface area contributed by atoms with Crippen molar-refractivity contribution >= 4 is 5.97 Å². The molecule has 1 aliphatic rings. The van der Waals surface area contributed by atoms with Crippen molar-refractivity contribution in [2.24, 2.45) is 0 Å². The number of carbonyl (C=O) groups is 1. The van der Waals surface area contributed by atoms with E-state index < -0.39 is 30.4 Å². The minimum Gasteiger partial charge on any atom is -0.458 e. The van der Waals surface area contributed by atoms with E-state index in [0.29, 0.717) is 13.2 Å². The summed E-state index contributed by atoms with van der Waals surface area (Å²) in [4.78, 5) is 12.8. The molecule has 0 N–H and O–H groups in total. The molecule has 3 aromatic rings. The molecule has 0 saturated carbocycles. The predicted molar refractivity (Wildman–Crippen MR) is 121 cm³/mol. The first-order chi connectivity index (χ1) is 15.7. The Labute approximate surface area is 188 Å². The maximum Gasteiger partial charge on any atom is 0.338 e. The second-order valence-electron chi connectivity index (χ2n) is 7.88. The van der Waals surface area contributed by atoms with Crippen molar-refractivity contribution in [2.45, 2.75) is 51.2 Å². The number of hydrogen-bond acceptors (Lipinski definition) is 5. The lowest BCUT2D eigenvalue weighted by Crippen LogP contribution is -2.57. The fourth-order valence-electron chi connectivity index (χ4n) is 3.76. The molecule has 0 bridgehead atoms. The number of cyclic esters (lactones) is 1. The highest BCUT2D eigenvalue weighted by Crippen LogP contribution is 2.27. The van der Waals surface area contributed by atoms with Crippen LogP contribution in [-0.2, 0) is 43.6 Å². The molecule has 0 aromatic heterocycles. The van der Waals surface area contributed by atoms with Crippen molar-refractivity contribution < 1.29 is 23.7 Å². The molecule has 1 fully saturated rings. The molecule has 4 rings (SSSR count). The number of hydrogen-bond donors (Lipinski definition) is 0. The fourth-order valence-corrected chi connectivity index (χ4v) is 3.76. The van der Waals surface area contributed by atoms with Crippen LogP contribution in [0.1, 0.15) is 23.6 Å². The second kappa shape index (κ2) is 11.0. The van der Waals surface area contributed by atoms with E-state index in [9.17, 15) is 4.79 Å². The maximum atomic E-state index is 12.8. The Morgan fingerprint density at radius 1 is 0.625 bits per heavy atom. The lowest BCUT2D eigenvalue weighted by atomic mass is 9.99. The van der Waals surface area contributed by atoms with Crippen molar-refractivity contribution in [3.8, 4) is 0 Å². The molecule has 0 aliphatic carbocycles. The van der Waals surface area contributed by atoms with Crippen LogP contribution >= 0.6 is 0 Å². The molecule has 0 spiro atoms. The summed E-state index contributed by atoms with van der Waals surface area (Å²) >= 11 is 0. The van der Waals surface area contributed by atoms with Gasteiger partial charge in [0.05, 0.1) is 19.8 Å². The van der Waals surface area contributed by atoms with Gasteiger partial charge in [-0.2, -0.15) is 0 Å². The molecular formula is C27H28O5. The van der Waals surface area contributed by atoms with Crippen LogP contribution in [0.25, 0.3) is 0 Å². The highest BCUT2D eigenvalue weighted by Gasteiger charge is 2.47. The minimum atomic E-state index is -0.879. The summed E-state index contributed by atoms with van der Waals surface area (Å²) in [7, 11) is 0. The quantitative estimate of drug-likeness (QED) is 0.459. The average molecular weight is 433 g/mol. The molecule has 3 aromatic carbocycles. The summed E-state index contributed by atoms with van der Waals surface area (Å²) in [6.45, 7) is 2.86. The van der Waals surface area contributed by atoms with Gasteiger partial charge < -0.3 is 18.9 Å². The highest BCUT2D eigenvalue weighted by atomic mass is 16.6. The summed E-state index contributed by atoms with van der Waals surface area (Å²) in [5.41, 5.74) is 3.03. The smallest absolute Gasteiger partial charge is 0.338 e. The Balaban J connectivity index is 1.51. The van der Waals surface area contributed by atoms with Crippen LogP contribution in [0.4, 0.5) is 0 Å². The molecule has 32 heavy (non-hydrogen) atoms. The molecule has 1 aliphatic heterocycles. The van der Waals surface area contributed by atoms with Crippen LogP contribution in [0, 0.1) is 0 Å². The molecule has 1 saturated heterocycles. The third kappa shape index (κ3) is 5.82. The van der Waals surface area contributed by atoms with Gasteiger partial charge >= 0.3 is 5.97 Å². The average Bonchev–Trinajstić information content (AvgIpc) is 2.83. The normalized spacial score (nSPS) is 23.0. The van der Waals surface area contributed by atoms with E-state index >= 15 is 0 Å².